The van der Waals surface area contributed by atoms with Crippen molar-refractivity contribution in [1.29, 1.82) is 0 Å². The molecule has 0 aromatic heterocycles. The van der Waals surface area contributed by atoms with E-state index in [1.54, 1.807) is 6.07 Å². The average Bonchev–Trinajstić information content (AvgIpc) is 2.72. The third-order valence-electron chi connectivity index (χ3n) is 6.50. The molecule has 2 N–H and O–H groups in total. The summed E-state index contributed by atoms with van der Waals surface area (Å²) in [5.74, 6) is -1.52. The molecule has 2 fully saturated rings. The summed E-state index contributed by atoms with van der Waals surface area (Å²) in [4.78, 5) is 30.1. The third-order valence-corrected chi connectivity index (χ3v) is 6.50. The Kier molecular flexibility index (Phi) is 5.66. The molecule has 0 saturated carbocycles. The SMILES string of the molecule is O=C(O)C1c2ccccc2C(=O)N(CCCN2CCOCC2)C12CCNCC2. The highest BCUT2D eigenvalue weighted by molar-refractivity contribution is 6.01. The fourth-order valence-corrected chi connectivity index (χ4v) is 5.12. The number of nitrogens with zero attached hydrogens (tertiary/aromatic N) is 2. The van der Waals surface area contributed by atoms with Crippen molar-refractivity contribution in [3.8, 4) is 0 Å². The third kappa shape index (κ3) is 3.43. The zero-order valence-corrected chi connectivity index (χ0v) is 16.2. The number of nitrogens with one attached hydrogen (secondary N) is 1. The van der Waals surface area contributed by atoms with E-state index in [1.807, 2.05) is 23.1 Å². The topological polar surface area (TPSA) is 82.1 Å². The molecule has 152 valence electrons. The zero-order chi connectivity index (χ0) is 19.6. The lowest BCUT2D eigenvalue weighted by Crippen LogP contribution is -2.64. The number of carboxylic acids is 1. The highest BCUT2D eigenvalue weighted by Gasteiger charge is 2.54. The van der Waals surface area contributed by atoms with Crippen molar-refractivity contribution in [3.63, 3.8) is 0 Å². The number of hydrogen-bond donors (Lipinski definition) is 2. The van der Waals surface area contributed by atoms with Crippen molar-refractivity contribution in [2.24, 2.45) is 0 Å². The van der Waals surface area contributed by atoms with Crippen LogP contribution in [0.1, 0.15) is 41.1 Å². The molecule has 7 nitrogen and oxygen atoms in total. The number of fused-ring (bicyclic) bond motifs is 1. The van der Waals surface area contributed by atoms with E-state index in [-0.39, 0.29) is 5.91 Å². The second-order valence-electron chi connectivity index (χ2n) is 7.98. The molecule has 0 radical (unpaired) electrons. The standard InChI is InChI=1S/C21H29N3O4/c25-19-17-5-2-1-4-16(17)18(20(26)27)21(6-8-22-9-7-21)24(19)11-3-10-23-12-14-28-15-13-23/h1-2,4-5,18,22H,3,6-15H2,(H,26,27). The number of amides is 1. The molecule has 1 amide bonds. The number of carboxylic acid groups (broad SMARTS) is 1. The van der Waals surface area contributed by atoms with Crippen LogP contribution in [0.5, 0.6) is 0 Å². The largest absolute Gasteiger partial charge is 0.481 e. The van der Waals surface area contributed by atoms with Crippen molar-refractivity contribution in [1.82, 2.24) is 15.1 Å². The van der Waals surface area contributed by atoms with Gasteiger partial charge in [-0.25, -0.2) is 0 Å². The van der Waals surface area contributed by atoms with Gasteiger partial charge in [-0.3, -0.25) is 14.5 Å². The fourth-order valence-electron chi connectivity index (χ4n) is 5.12. The van der Waals surface area contributed by atoms with Crippen LogP contribution in [-0.2, 0) is 9.53 Å². The van der Waals surface area contributed by atoms with Crippen LogP contribution in [0.3, 0.4) is 0 Å². The molecule has 4 rings (SSSR count). The molecule has 1 aromatic rings. The molecule has 1 atom stereocenters. The van der Waals surface area contributed by atoms with Crippen molar-refractivity contribution in [2.45, 2.75) is 30.7 Å². The number of ether oxygens (including phenoxy) is 1. The van der Waals surface area contributed by atoms with Crippen LogP contribution in [0.25, 0.3) is 0 Å². The van der Waals surface area contributed by atoms with E-state index in [2.05, 4.69) is 10.2 Å². The lowest BCUT2D eigenvalue weighted by Gasteiger charge is -2.53. The minimum Gasteiger partial charge on any atom is -0.481 e. The van der Waals surface area contributed by atoms with Crippen molar-refractivity contribution >= 4 is 11.9 Å². The quantitative estimate of drug-likeness (QED) is 0.789. The van der Waals surface area contributed by atoms with E-state index >= 15 is 0 Å². The first-order valence-electron chi connectivity index (χ1n) is 10.3. The predicted octanol–water partition coefficient (Wildman–Crippen LogP) is 1.16. The second kappa shape index (κ2) is 8.19. The minimum atomic E-state index is -0.833. The summed E-state index contributed by atoms with van der Waals surface area (Å²) in [6.45, 7) is 6.32. The van der Waals surface area contributed by atoms with Crippen molar-refractivity contribution in [2.75, 3.05) is 52.5 Å². The summed E-state index contributed by atoms with van der Waals surface area (Å²) in [6.07, 6.45) is 2.18. The number of piperidine rings is 1. The number of morpholine rings is 1. The van der Waals surface area contributed by atoms with Crippen LogP contribution < -0.4 is 5.32 Å². The maximum atomic E-state index is 13.4. The number of rotatable bonds is 5. The fraction of sp³-hybridized carbons (Fsp3) is 0.619. The first-order chi connectivity index (χ1) is 13.6. The first-order valence-corrected chi connectivity index (χ1v) is 10.3. The maximum absolute atomic E-state index is 13.4. The van der Waals surface area contributed by atoms with Gasteiger partial charge < -0.3 is 20.1 Å². The maximum Gasteiger partial charge on any atom is 0.313 e. The van der Waals surface area contributed by atoms with E-state index < -0.39 is 17.4 Å². The number of carbonyl (C=O) groups is 2. The second-order valence-corrected chi connectivity index (χ2v) is 7.98. The van der Waals surface area contributed by atoms with Gasteiger partial charge in [0, 0.05) is 31.7 Å². The smallest absolute Gasteiger partial charge is 0.313 e. The predicted molar refractivity (Wildman–Crippen MR) is 105 cm³/mol. The monoisotopic (exact) mass is 387 g/mol. The van der Waals surface area contributed by atoms with E-state index in [1.165, 1.54) is 0 Å². The normalized spacial score (nSPS) is 24.9. The van der Waals surface area contributed by atoms with Crippen LogP contribution in [0.4, 0.5) is 0 Å². The van der Waals surface area contributed by atoms with Gasteiger partial charge in [-0.1, -0.05) is 18.2 Å². The summed E-state index contributed by atoms with van der Waals surface area (Å²) < 4.78 is 5.40. The summed E-state index contributed by atoms with van der Waals surface area (Å²) >= 11 is 0. The lowest BCUT2D eigenvalue weighted by molar-refractivity contribution is -0.143. The van der Waals surface area contributed by atoms with Gasteiger partial charge >= 0.3 is 5.97 Å². The molecule has 1 spiro atoms. The number of aliphatic carboxylic acids is 1. The summed E-state index contributed by atoms with van der Waals surface area (Å²) in [5.41, 5.74) is 0.574. The number of hydrogen-bond acceptors (Lipinski definition) is 5. The van der Waals surface area contributed by atoms with Crippen LogP contribution >= 0.6 is 0 Å². The highest BCUT2D eigenvalue weighted by atomic mass is 16.5. The number of benzene rings is 1. The van der Waals surface area contributed by atoms with Gasteiger partial charge in [0.1, 0.15) is 5.92 Å². The lowest BCUT2D eigenvalue weighted by atomic mass is 9.68. The molecule has 28 heavy (non-hydrogen) atoms. The molecule has 0 bridgehead atoms. The Labute approximate surface area is 165 Å². The van der Waals surface area contributed by atoms with Crippen LogP contribution in [0.15, 0.2) is 24.3 Å². The molecule has 2 saturated heterocycles. The van der Waals surface area contributed by atoms with Gasteiger partial charge in [0.25, 0.3) is 5.91 Å². The van der Waals surface area contributed by atoms with Gasteiger partial charge in [0.2, 0.25) is 0 Å². The Morgan fingerprint density at radius 2 is 1.89 bits per heavy atom. The Bertz CT molecular complexity index is 726. The van der Waals surface area contributed by atoms with E-state index in [0.29, 0.717) is 30.5 Å². The van der Waals surface area contributed by atoms with Crippen LogP contribution in [0, 0.1) is 0 Å². The van der Waals surface area contributed by atoms with E-state index in [0.717, 1.165) is 52.4 Å². The Hall–Kier alpha value is -1.96. The molecule has 3 heterocycles. The van der Waals surface area contributed by atoms with Gasteiger partial charge in [-0.2, -0.15) is 0 Å². The summed E-state index contributed by atoms with van der Waals surface area (Å²) in [7, 11) is 0. The molecule has 0 aliphatic carbocycles. The van der Waals surface area contributed by atoms with E-state index in [4.69, 9.17) is 4.74 Å². The van der Waals surface area contributed by atoms with Crippen LogP contribution in [0.2, 0.25) is 0 Å². The molecule has 7 heteroatoms. The summed E-state index contributed by atoms with van der Waals surface area (Å²) in [5, 5.41) is 13.5. The van der Waals surface area contributed by atoms with Gasteiger partial charge in [0.15, 0.2) is 0 Å². The molecule has 1 unspecified atom stereocenters. The highest BCUT2D eigenvalue weighted by Crippen LogP contribution is 2.46. The Morgan fingerprint density at radius 1 is 1.18 bits per heavy atom. The molecule has 3 aliphatic heterocycles. The van der Waals surface area contributed by atoms with Gasteiger partial charge in [-0.15, -0.1) is 0 Å². The Morgan fingerprint density at radius 3 is 2.61 bits per heavy atom. The average molecular weight is 387 g/mol. The van der Waals surface area contributed by atoms with Gasteiger partial charge in [-0.05, 0) is 44.0 Å². The minimum absolute atomic E-state index is 0.0167. The first kappa shape index (κ1) is 19.4. The number of carbonyl (C=O) groups excluding carboxylic acids is 1. The van der Waals surface area contributed by atoms with Gasteiger partial charge in [0.05, 0.1) is 18.8 Å². The zero-order valence-electron chi connectivity index (χ0n) is 16.2. The summed E-state index contributed by atoms with van der Waals surface area (Å²) in [6, 6.07) is 7.25. The molecular formula is C21H29N3O4. The Balaban J connectivity index is 1.62. The van der Waals surface area contributed by atoms with Crippen LogP contribution in [-0.4, -0.2) is 84.8 Å². The molecule has 3 aliphatic rings. The van der Waals surface area contributed by atoms with E-state index in [9.17, 15) is 14.7 Å². The van der Waals surface area contributed by atoms with Crippen molar-refractivity contribution < 1.29 is 19.4 Å². The molecule has 1 aromatic carbocycles. The van der Waals surface area contributed by atoms with Crippen molar-refractivity contribution in [3.05, 3.63) is 35.4 Å². The molecular weight excluding hydrogens is 358 g/mol.